The van der Waals surface area contributed by atoms with Crippen molar-refractivity contribution in [2.45, 2.75) is 33.1 Å². The molecule has 0 atom stereocenters. The molecule has 134 valence electrons. The Morgan fingerprint density at radius 2 is 1.96 bits per heavy atom. The molecule has 1 aromatic carbocycles. The first-order valence-electron chi connectivity index (χ1n) is 9.14. The van der Waals surface area contributed by atoms with E-state index < -0.39 is 0 Å². The summed E-state index contributed by atoms with van der Waals surface area (Å²) in [6.45, 7) is 7.86. The third kappa shape index (κ3) is 4.25. The normalized spacial score (nSPS) is 15.5. The van der Waals surface area contributed by atoms with Gasteiger partial charge in [-0.1, -0.05) is 30.3 Å². The van der Waals surface area contributed by atoms with Crippen LogP contribution in [0.1, 0.15) is 31.2 Å². The first-order chi connectivity index (χ1) is 12.2. The summed E-state index contributed by atoms with van der Waals surface area (Å²) in [7, 11) is 0. The molecule has 1 aliphatic heterocycles. The molecule has 0 bridgehead atoms. The van der Waals surface area contributed by atoms with Crippen molar-refractivity contribution in [1.29, 1.82) is 0 Å². The van der Waals surface area contributed by atoms with Gasteiger partial charge in [-0.2, -0.15) is 0 Å². The summed E-state index contributed by atoms with van der Waals surface area (Å²) in [4.78, 5) is 14.6. The van der Waals surface area contributed by atoms with Gasteiger partial charge in [0.2, 0.25) is 5.91 Å². The van der Waals surface area contributed by atoms with Gasteiger partial charge in [-0.25, -0.2) is 4.68 Å². The van der Waals surface area contributed by atoms with E-state index in [1.54, 1.807) is 4.68 Å². The molecule has 1 aromatic heterocycles. The van der Waals surface area contributed by atoms with E-state index in [2.05, 4.69) is 22.6 Å². The molecule has 1 N–H and O–H groups in total. The first kappa shape index (κ1) is 17.6. The maximum Gasteiger partial charge on any atom is 0.228 e. The second-order valence-electron chi connectivity index (χ2n) is 6.68. The van der Waals surface area contributed by atoms with Crippen molar-refractivity contribution in [2.24, 2.45) is 5.92 Å². The minimum absolute atomic E-state index is 0.158. The predicted molar refractivity (Wildman–Crippen MR) is 97.6 cm³/mol. The molecule has 0 aliphatic carbocycles. The number of likely N-dealkylation sites (tertiary alicyclic amines) is 1. The molecule has 25 heavy (non-hydrogen) atoms. The number of carbonyl (C=O) groups excluding carboxylic acids is 1. The van der Waals surface area contributed by atoms with Crippen molar-refractivity contribution < 1.29 is 4.79 Å². The van der Waals surface area contributed by atoms with Crippen LogP contribution in [-0.2, 0) is 11.2 Å². The van der Waals surface area contributed by atoms with E-state index in [0.717, 1.165) is 56.1 Å². The quantitative estimate of drug-likeness (QED) is 0.872. The fraction of sp³-hybridized carbons (Fsp3) is 0.526. The number of aromatic nitrogens is 3. The molecule has 3 rings (SSSR count). The molecule has 0 unspecified atom stereocenters. The Labute approximate surface area is 149 Å². The maximum absolute atomic E-state index is 12.6. The summed E-state index contributed by atoms with van der Waals surface area (Å²) < 4.78 is 1.80. The smallest absolute Gasteiger partial charge is 0.228 e. The van der Waals surface area contributed by atoms with Crippen LogP contribution >= 0.6 is 0 Å². The molecule has 2 aromatic rings. The lowest BCUT2D eigenvalue weighted by atomic mass is 9.96. The number of nitrogens with zero attached hydrogens (tertiary/aromatic N) is 4. The van der Waals surface area contributed by atoms with Gasteiger partial charge >= 0.3 is 0 Å². The van der Waals surface area contributed by atoms with Crippen molar-refractivity contribution in [3.63, 3.8) is 0 Å². The largest absolute Gasteiger partial charge is 0.342 e. The predicted octanol–water partition coefficient (Wildman–Crippen LogP) is 1.97. The van der Waals surface area contributed by atoms with E-state index in [1.165, 1.54) is 0 Å². The second-order valence-corrected chi connectivity index (χ2v) is 6.68. The Bertz CT molecular complexity index is 689. The molecule has 0 radical (unpaired) electrons. The number of piperidine rings is 1. The van der Waals surface area contributed by atoms with Crippen LogP contribution in [0, 0.1) is 12.8 Å². The van der Waals surface area contributed by atoms with E-state index in [1.807, 2.05) is 42.2 Å². The van der Waals surface area contributed by atoms with Crippen LogP contribution in [0.5, 0.6) is 0 Å². The van der Waals surface area contributed by atoms with Crippen molar-refractivity contribution in [1.82, 2.24) is 25.2 Å². The highest BCUT2D eigenvalue weighted by molar-refractivity contribution is 5.78. The van der Waals surface area contributed by atoms with Gasteiger partial charge in [-0.3, -0.25) is 4.79 Å². The van der Waals surface area contributed by atoms with Crippen LogP contribution in [0.3, 0.4) is 0 Å². The first-order valence-corrected chi connectivity index (χ1v) is 9.14. The molecule has 6 heteroatoms. The van der Waals surface area contributed by atoms with Crippen LogP contribution in [-0.4, -0.2) is 52.0 Å². The van der Waals surface area contributed by atoms with E-state index in [9.17, 15) is 4.79 Å². The Kier molecular flexibility index (Phi) is 5.81. The molecule has 1 amide bonds. The van der Waals surface area contributed by atoms with Crippen LogP contribution in [0.4, 0.5) is 0 Å². The third-order valence-corrected chi connectivity index (χ3v) is 4.96. The SMILES string of the molecule is CCNCC1CCN(C(=O)Cc2nnn(-c3ccccc3)c2C)CC1. The second kappa shape index (κ2) is 8.25. The average Bonchev–Trinajstić information content (AvgIpc) is 3.01. The lowest BCUT2D eigenvalue weighted by molar-refractivity contribution is -0.131. The number of carbonyl (C=O) groups is 1. The molecular formula is C19H27N5O. The summed E-state index contributed by atoms with van der Waals surface area (Å²) in [5, 5.41) is 11.9. The molecule has 2 heterocycles. The number of hydrogen-bond acceptors (Lipinski definition) is 4. The minimum atomic E-state index is 0.158. The summed E-state index contributed by atoms with van der Waals surface area (Å²) in [6, 6.07) is 9.89. The minimum Gasteiger partial charge on any atom is -0.342 e. The van der Waals surface area contributed by atoms with Crippen molar-refractivity contribution in [2.75, 3.05) is 26.2 Å². The monoisotopic (exact) mass is 341 g/mol. The fourth-order valence-corrected chi connectivity index (χ4v) is 3.33. The Balaban J connectivity index is 1.58. The number of amides is 1. The number of benzene rings is 1. The molecule has 1 aliphatic rings. The highest BCUT2D eigenvalue weighted by Crippen LogP contribution is 2.18. The zero-order chi connectivity index (χ0) is 17.6. The van der Waals surface area contributed by atoms with Gasteiger partial charge in [-0.05, 0) is 50.9 Å². The van der Waals surface area contributed by atoms with Crippen LogP contribution in [0.15, 0.2) is 30.3 Å². The molecule has 0 spiro atoms. The average molecular weight is 341 g/mol. The summed E-state index contributed by atoms with van der Waals surface area (Å²) in [5.74, 6) is 0.842. The van der Waals surface area contributed by atoms with E-state index in [-0.39, 0.29) is 5.91 Å². The Morgan fingerprint density at radius 1 is 1.24 bits per heavy atom. The van der Waals surface area contributed by atoms with E-state index in [4.69, 9.17) is 0 Å². The highest BCUT2D eigenvalue weighted by atomic mass is 16.2. The number of hydrogen-bond donors (Lipinski definition) is 1. The Hall–Kier alpha value is -2.21. The third-order valence-electron chi connectivity index (χ3n) is 4.96. The number of para-hydroxylation sites is 1. The van der Waals surface area contributed by atoms with Crippen molar-refractivity contribution in [3.8, 4) is 5.69 Å². The van der Waals surface area contributed by atoms with Gasteiger partial charge in [0, 0.05) is 13.1 Å². The number of rotatable bonds is 6. The van der Waals surface area contributed by atoms with Crippen LogP contribution in [0.2, 0.25) is 0 Å². The van der Waals surface area contributed by atoms with Crippen LogP contribution in [0.25, 0.3) is 5.69 Å². The fourth-order valence-electron chi connectivity index (χ4n) is 3.33. The van der Waals surface area contributed by atoms with Crippen molar-refractivity contribution in [3.05, 3.63) is 41.7 Å². The lowest BCUT2D eigenvalue weighted by Crippen LogP contribution is -2.41. The molecule has 0 saturated carbocycles. The highest BCUT2D eigenvalue weighted by Gasteiger charge is 2.24. The van der Waals surface area contributed by atoms with Crippen molar-refractivity contribution >= 4 is 5.91 Å². The van der Waals surface area contributed by atoms with Gasteiger partial charge in [0.1, 0.15) is 0 Å². The summed E-state index contributed by atoms with van der Waals surface area (Å²) in [5.41, 5.74) is 2.67. The zero-order valence-electron chi connectivity index (χ0n) is 15.1. The molecule has 1 fully saturated rings. The van der Waals surface area contributed by atoms with Gasteiger partial charge in [0.15, 0.2) is 0 Å². The lowest BCUT2D eigenvalue weighted by Gasteiger charge is -2.32. The van der Waals surface area contributed by atoms with E-state index >= 15 is 0 Å². The molecular weight excluding hydrogens is 314 g/mol. The van der Waals surface area contributed by atoms with Gasteiger partial charge in [0.25, 0.3) is 0 Å². The Morgan fingerprint density at radius 3 is 2.64 bits per heavy atom. The molecule has 1 saturated heterocycles. The van der Waals surface area contributed by atoms with Gasteiger partial charge < -0.3 is 10.2 Å². The van der Waals surface area contributed by atoms with Gasteiger partial charge in [-0.15, -0.1) is 5.10 Å². The van der Waals surface area contributed by atoms with Gasteiger partial charge in [0.05, 0.1) is 23.5 Å². The maximum atomic E-state index is 12.6. The zero-order valence-corrected chi connectivity index (χ0v) is 15.1. The summed E-state index contributed by atoms with van der Waals surface area (Å²) in [6.07, 6.45) is 2.49. The summed E-state index contributed by atoms with van der Waals surface area (Å²) >= 11 is 0. The standard InChI is InChI=1S/C19H27N5O/c1-3-20-14-16-9-11-23(12-10-16)19(25)13-18-15(2)24(22-21-18)17-7-5-4-6-8-17/h4-8,16,20H,3,9-14H2,1-2H3. The van der Waals surface area contributed by atoms with Crippen LogP contribution < -0.4 is 5.32 Å². The topological polar surface area (TPSA) is 63.1 Å². The number of nitrogens with one attached hydrogen (secondary N) is 1. The molecule has 6 nitrogen and oxygen atoms in total. The van der Waals surface area contributed by atoms with E-state index in [0.29, 0.717) is 12.3 Å².